The Bertz CT molecular complexity index is 940. The summed E-state index contributed by atoms with van der Waals surface area (Å²) in [5.74, 6) is -0.545. The molecule has 2 atom stereocenters. The molecule has 2 unspecified atom stereocenters. The molecule has 0 radical (unpaired) electrons. The van der Waals surface area contributed by atoms with Crippen molar-refractivity contribution in [3.63, 3.8) is 0 Å². The van der Waals surface area contributed by atoms with Crippen LogP contribution in [0.2, 0.25) is 0 Å². The molecule has 0 aliphatic carbocycles. The molecule has 2 aromatic rings. The van der Waals surface area contributed by atoms with Crippen LogP contribution in [0.4, 0.5) is 4.79 Å². The fourth-order valence-corrected chi connectivity index (χ4v) is 2.85. The summed E-state index contributed by atoms with van der Waals surface area (Å²) in [6, 6.07) is 5.48. The lowest BCUT2D eigenvalue weighted by molar-refractivity contribution is -0.138. The topological polar surface area (TPSA) is 94.8 Å². The Balaban J connectivity index is 2.24. The van der Waals surface area contributed by atoms with Crippen LogP contribution in [-0.4, -0.2) is 23.7 Å². The van der Waals surface area contributed by atoms with Crippen LogP contribution in [0.3, 0.4) is 0 Å². The Kier molecular flexibility index (Phi) is 7.06. The fourth-order valence-electron chi connectivity index (χ4n) is 2.85. The van der Waals surface area contributed by atoms with Gasteiger partial charge in [0.25, 0.3) is 0 Å². The fraction of sp³-hybridized carbons (Fsp3) is 0.500. The van der Waals surface area contributed by atoms with E-state index in [9.17, 15) is 14.4 Å². The zero-order valence-electron chi connectivity index (χ0n) is 17.8. The van der Waals surface area contributed by atoms with Gasteiger partial charge in [-0.05, 0) is 50.8 Å². The minimum Gasteiger partial charge on any atom is -0.444 e. The summed E-state index contributed by atoms with van der Waals surface area (Å²) in [6.07, 6.45) is 0.649. The highest BCUT2D eigenvalue weighted by Gasteiger charge is 2.30. The minimum absolute atomic E-state index is 0.167. The van der Waals surface area contributed by atoms with Crippen molar-refractivity contribution in [2.24, 2.45) is 5.92 Å². The molecule has 158 valence electrons. The van der Waals surface area contributed by atoms with Crippen molar-refractivity contribution in [1.29, 1.82) is 0 Å². The molecule has 7 nitrogen and oxygen atoms in total. The normalized spacial score (nSPS) is 13.6. The van der Waals surface area contributed by atoms with Gasteiger partial charge in [-0.15, -0.1) is 0 Å². The van der Waals surface area contributed by atoms with Crippen LogP contribution < -0.4 is 15.7 Å². The van der Waals surface area contributed by atoms with E-state index in [2.05, 4.69) is 5.32 Å². The Labute approximate surface area is 170 Å². The molecule has 1 heterocycles. The number of alkyl carbamates (subject to hydrolysis) is 1. The molecule has 0 saturated carbocycles. The molecule has 0 saturated heterocycles. The monoisotopic (exact) mass is 403 g/mol. The number of carbonyl (C=O) groups excluding carboxylic acids is 2. The predicted octanol–water partition coefficient (Wildman–Crippen LogP) is 4.20. The zero-order valence-corrected chi connectivity index (χ0v) is 17.8. The van der Waals surface area contributed by atoms with Gasteiger partial charge < -0.3 is 19.2 Å². The number of nitrogens with one attached hydrogen (secondary N) is 1. The number of aryl methyl sites for hydroxylation is 1. The number of hydrogen-bond donors (Lipinski definition) is 1. The second kappa shape index (κ2) is 9.11. The van der Waals surface area contributed by atoms with Gasteiger partial charge in [0.15, 0.2) is 0 Å². The molecule has 0 fully saturated rings. The van der Waals surface area contributed by atoms with Gasteiger partial charge in [-0.1, -0.05) is 27.2 Å². The maximum absolute atomic E-state index is 12.8. The molecule has 0 spiro atoms. The van der Waals surface area contributed by atoms with Crippen molar-refractivity contribution in [3.8, 4) is 5.75 Å². The van der Waals surface area contributed by atoms with E-state index in [0.29, 0.717) is 18.4 Å². The molecule has 1 amide bonds. The maximum Gasteiger partial charge on any atom is 0.408 e. The summed E-state index contributed by atoms with van der Waals surface area (Å²) in [5, 5.41) is 3.39. The summed E-state index contributed by atoms with van der Waals surface area (Å²) < 4.78 is 16.0. The van der Waals surface area contributed by atoms with Crippen molar-refractivity contribution in [2.75, 3.05) is 0 Å². The van der Waals surface area contributed by atoms with Crippen molar-refractivity contribution < 1.29 is 23.5 Å². The van der Waals surface area contributed by atoms with Crippen LogP contribution >= 0.6 is 0 Å². The summed E-state index contributed by atoms with van der Waals surface area (Å²) in [4.78, 5) is 36.6. The molecule has 29 heavy (non-hydrogen) atoms. The van der Waals surface area contributed by atoms with E-state index < -0.39 is 29.3 Å². The first kappa shape index (κ1) is 22.5. The molecule has 7 heteroatoms. The number of esters is 1. The molecular formula is C22H29NO6. The Morgan fingerprint density at radius 2 is 1.86 bits per heavy atom. The molecule has 1 aromatic carbocycles. The maximum atomic E-state index is 12.8. The van der Waals surface area contributed by atoms with E-state index in [4.69, 9.17) is 13.9 Å². The quantitative estimate of drug-likeness (QED) is 0.441. The first-order valence-corrected chi connectivity index (χ1v) is 9.82. The zero-order chi connectivity index (χ0) is 21.8. The lowest BCUT2D eigenvalue weighted by Gasteiger charge is -2.25. The van der Waals surface area contributed by atoms with E-state index in [1.54, 1.807) is 32.9 Å². The lowest BCUT2D eigenvalue weighted by Crippen LogP contribution is -2.48. The Morgan fingerprint density at radius 3 is 2.45 bits per heavy atom. The molecule has 0 aliphatic heterocycles. The van der Waals surface area contributed by atoms with Crippen LogP contribution in [-0.2, 0) is 16.0 Å². The lowest BCUT2D eigenvalue weighted by atomic mass is 9.99. The number of rotatable bonds is 6. The van der Waals surface area contributed by atoms with Crippen LogP contribution in [0, 0.1) is 5.92 Å². The largest absolute Gasteiger partial charge is 0.444 e. The SMILES string of the molecule is CCc1cc(=O)oc2cc(OC(=O)C(NC(=O)OC(C)(C)C)C(C)CC)ccc12. The minimum atomic E-state index is -0.875. The molecule has 0 aliphatic rings. The van der Waals surface area contributed by atoms with E-state index in [1.807, 2.05) is 20.8 Å². The summed E-state index contributed by atoms with van der Waals surface area (Å²) >= 11 is 0. The Morgan fingerprint density at radius 1 is 1.17 bits per heavy atom. The van der Waals surface area contributed by atoms with Gasteiger partial charge in [-0.2, -0.15) is 0 Å². The summed E-state index contributed by atoms with van der Waals surface area (Å²) in [7, 11) is 0. The van der Waals surface area contributed by atoms with Crippen LogP contribution in [0.25, 0.3) is 11.0 Å². The van der Waals surface area contributed by atoms with Crippen molar-refractivity contribution in [3.05, 3.63) is 40.2 Å². The summed E-state index contributed by atoms with van der Waals surface area (Å²) in [5.41, 5.74) is 0.0702. The predicted molar refractivity (Wildman–Crippen MR) is 110 cm³/mol. The highest BCUT2D eigenvalue weighted by atomic mass is 16.6. The van der Waals surface area contributed by atoms with E-state index in [-0.39, 0.29) is 11.7 Å². The number of benzene rings is 1. The number of hydrogen-bond acceptors (Lipinski definition) is 6. The number of amides is 1. The second-order valence-corrected chi connectivity index (χ2v) is 8.03. The van der Waals surface area contributed by atoms with Gasteiger partial charge in [0.1, 0.15) is 23.0 Å². The van der Waals surface area contributed by atoms with E-state index >= 15 is 0 Å². The third-order valence-electron chi connectivity index (χ3n) is 4.54. The highest BCUT2D eigenvalue weighted by molar-refractivity contribution is 5.85. The number of ether oxygens (including phenoxy) is 2. The second-order valence-electron chi connectivity index (χ2n) is 8.03. The number of carbonyl (C=O) groups is 2. The number of fused-ring (bicyclic) bond motifs is 1. The standard InChI is InChI=1S/C22H29NO6/c1-7-13(3)19(23-21(26)29-22(4,5)6)20(25)27-15-9-10-16-14(8-2)11-18(24)28-17(16)12-15/h9-13,19H,7-8H2,1-6H3,(H,23,26). The van der Waals surface area contributed by atoms with Crippen LogP contribution in [0.1, 0.15) is 53.5 Å². The average molecular weight is 403 g/mol. The van der Waals surface area contributed by atoms with Crippen molar-refractivity contribution >= 4 is 23.0 Å². The smallest absolute Gasteiger partial charge is 0.408 e. The van der Waals surface area contributed by atoms with Gasteiger partial charge in [0, 0.05) is 17.5 Å². The highest BCUT2D eigenvalue weighted by Crippen LogP contribution is 2.24. The van der Waals surface area contributed by atoms with Gasteiger partial charge in [-0.3, -0.25) is 0 Å². The van der Waals surface area contributed by atoms with Crippen LogP contribution in [0.15, 0.2) is 33.5 Å². The van der Waals surface area contributed by atoms with Gasteiger partial charge >= 0.3 is 17.7 Å². The first-order valence-electron chi connectivity index (χ1n) is 9.82. The van der Waals surface area contributed by atoms with Crippen LogP contribution in [0.5, 0.6) is 5.75 Å². The average Bonchev–Trinajstić information content (AvgIpc) is 2.62. The first-order chi connectivity index (χ1) is 13.5. The molecule has 1 aromatic heterocycles. The van der Waals surface area contributed by atoms with Gasteiger partial charge in [-0.25, -0.2) is 14.4 Å². The molecule has 0 bridgehead atoms. The van der Waals surface area contributed by atoms with Crippen molar-refractivity contribution in [1.82, 2.24) is 5.32 Å². The third-order valence-corrected chi connectivity index (χ3v) is 4.54. The van der Waals surface area contributed by atoms with E-state index in [1.165, 1.54) is 12.1 Å². The molecule has 2 rings (SSSR count). The van der Waals surface area contributed by atoms with E-state index in [0.717, 1.165) is 10.9 Å². The molecular weight excluding hydrogens is 374 g/mol. The van der Waals surface area contributed by atoms with Gasteiger partial charge in [0.05, 0.1) is 0 Å². The van der Waals surface area contributed by atoms with Gasteiger partial charge in [0.2, 0.25) is 0 Å². The summed E-state index contributed by atoms with van der Waals surface area (Å²) in [6.45, 7) is 10.9. The Hall–Kier alpha value is -2.83. The molecule has 1 N–H and O–H groups in total. The third kappa shape index (κ3) is 6.07. The van der Waals surface area contributed by atoms with Crippen molar-refractivity contribution in [2.45, 2.75) is 66.0 Å².